The number of aromatic nitrogens is 4. The summed E-state index contributed by atoms with van der Waals surface area (Å²) in [4.78, 5) is 4.54. The van der Waals surface area contributed by atoms with E-state index in [-0.39, 0.29) is 0 Å². The van der Waals surface area contributed by atoms with Gasteiger partial charge in [0, 0.05) is 16.8 Å². The van der Waals surface area contributed by atoms with Gasteiger partial charge in [0.05, 0.1) is 17.6 Å². The van der Waals surface area contributed by atoms with Crippen molar-refractivity contribution in [1.82, 2.24) is 20.2 Å². The molecule has 3 heterocycles. The van der Waals surface area contributed by atoms with Crippen molar-refractivity contribution in [3.05, 3.63) is 90.7 Å². The molecule has 32 heavy (non-hydrogen) atoms. The summed E-state index contributed by atoms with van der Waals surface area (Å²) in [5.41, 5.74) is 3.35. The van der Waals surface area contributed by atoms with Gasteiger partial charge < -0.3 is 8.83 Å². The van der Waals surface area contributed by atoms with Gasteiger partial charge in [-0.15, -0.1) is 5.10 Å². The zero-order valence-corrected chi connectivity index (χ0v) is 17.4. The molecule has 0 unspecified atom stereocenters. The number of nitrogens with zero attached hydrogens (tertiary/aromatic N) is 5. The summed E-state index contributed by atoms with van der Waals surface area (Å²) >= 11 is 1.35. The Morgan fingerprint density at radius 3 is 2.59 bits per heavy atom. The maximum Gasteiger partial charge on any atom is 0.221 e. The first-order valence-electron chi connectivity index (χ1n) is 9.90. The molecule has 0 saturated carbocycles. The third-order valence-corrected chi connectivity index (χ3v) is 5.80. The van der Waals surface area contributed by atoms with Gasteiger partial charge in [0.1, 0.15) is 16.9 Å². The lowest BCUT2D eigenvalue weighted by atomic mass is 10.1. The second kappa shape index (κ2) is 7.82. The number of tetrazole rings is 1. The Bertz CT molecular complexity index is 1570. The Morgan fingerprint density at radius 2 is 1.66 bits per heavy atom. The zero-order valence-electron chi connectivity index (χ0n) is 16.6. The molecule has 0 saturated heterocycles. The number of benzene rings is 3. The third-order valence-electron chi connectivity index (χ3n) is 4.94. The molecule has 3 aromatic carbocycles. The smallest absolute Gasteiger partial charge is 0.221 e. The fourth-order valence-corrected chi connectivity index (χ4v) is 4.22. The molecule has 6 rings (SSSR count). The summed E-state index contributed by atoms with van der Waals surface area (Å²) in [5, 5.41) is 15.4. The predicted molar refractivity (Wildman–Crippen MR) is 123 cm³/mol. The molecule has 154 valence electrons. The van der Waals surface area contributed by atoms with Crippen LogP contribution in [0.3, 0.4) is 0 Å². The fourth-order valence-electron chi connectivity index (χ4n) is 3.46. The molecule has 8 heteroatoms. The molecule has 3 aromatic heterocycles. The number of rotatable bonds is 5. The minimum absolute atomic E-state index is 0.615. The maximum atomic E-state index is 5.93. The van der Waals surface area contributed by atoms with E-state index in [2.05, 4.69) is 26.6 Å². The zero-order chi connectivity index (χ0) is 21.3. The van der Waals surface area contributed by atoms with Gasteiger partial charge >= 0.3 is 0 Å². The van der Waals surface area contributed by atoms with E-state index in [0.717, 1.165) is 33.3 Å². The number of para-hydroxylation sites is 2. The highest BCUT2D eigenvalue weighted by atomic mass is 32.2. The molecule has 6 aromatic rings. The Hall–Kier alpha value is -4.17. The predicted octanol–water partition coefficient (Wildman–Crippen LogP) is 6.06. The normalized spacial score (nSPS) is 11.8. The van der Waals surface area contributed by atoms with Crippen LogP contribution >= 0.6 is 11.8 Å². The highest BCUT2D eigenvalue weighted by Crippen LogP contribution is 2.31. The molecule has 0 N–H and O–H groups in total. The van der Waals surface area contributed by atoms with E-state index in [1.165, 1.54) is 11.8 Å². The molecule has 0 aliphatic rings. The Morgan fingerprint density at radius 1 is 0.812 bits per heavy atom. The summed E-state index contributed by atoms with van der Waals surface area (Å²) in [6.45, 7) is 0. The van der Waals surface area contributed by atoms with Gasteiger partial charge in [0.25, 0.3) is 0 Å². The molecule has 7 nitrogen and oxygen atoms in total. The van der Waals surface area contributed by atoms with Gasteiger partial charge in [-0.25, -0.2) is 0 Å². The van der Waals surface area contributed by atoms with Crippen LogP contribution in [0.15, 0.2) is 109 Å². The number of hydrogen-bond acceptors (Lipinski definition) is 7. The SMILES string of the molecule is C(=Nc1ccc2c(c1)oc1ccccc12)c1ccc(Sc2nnnn2-c2ccccc2)o1. The van der Waals surface area contributed by atoms with Crippen LogP contribution in [0.4, 0.5) is 5.69 Å². The van der Waals surface area contributed by atoms with Crippen molar-refractivity contribution >= 4 is 45.6 Å². The monoisotopic (exact) mass is 437 g/mol. The number of furan rings is 2. The highest BCUT2D eigenvalue weighted by molar-refractivity contribution is 7.99. The fraction of sp³-hybridized carbons (Fsp3) is 0. The molecule has 0 fully saturated rings. The van der Waals surface area contributed by atoms with Gasteiger partial charge in [-0.1, -0.05) is 36.4 Å². The van der Waals surface area contributed by atoms with E-state index in [4.69, 9.17) is 8.83 Å². The molecule has 0 aliphatic heterocycles. The number of aliphatic imine (C=N–C) groups is 1. The van der Waals surface area contributed by atoms with E-state index in [1.54, 1.807) is 10.9 Å². The van der Waals surface area contributed by atoms with Gasteiger partial charge in [-0.2, -0.15) is 4.68 Å². The van der Waals surface area contributed by atoms with Crippen molar-refractivity contribution < 1.29 is 8.83 Å². The highest BCUT2D eigenvalue weighted by Gasteiger charge is 2.12. The van der Waals surface area contributed by atoms with Crippen molar-refractivity contribution in [2.45, 2.75) is 10.2 Å². The van der Waals surface area contributed by atoms with Crippen molar-refractivity contribution in [3.8, 4) is 5.69 Å². The Balaban J connectivity index is 1.22. The van der Waals surface area contributed by atoms with Crippen LogP contribution in [0, 0.1) is 0 Å². The molecule has 0 aliphatic carbocycles. The molecular weight excluding hydrogens is 422 g/mol. The summed E-state index contributed by atoms with van der Waals surface area (Å²) in [6, 6.07) is 27.4. The number of hydrogen-bond donors (Lipinski definition) is 0. The summed E-state index contributed by atoms with van der Waals surface area (Å²) in [7, 11) is 0. The lowest BCUT2D eigenvalue weighted by Gasteiger charge is -2.01. The minimum atomic E-state index is 0.615. The van der Waals surface area contributed by atoms with E-state index >= 15 is 0 Å². The largest absolute Gasteiger partial charge is 0.456 e. The topological polar surface area (TPSA) is 82.2 Å². The lowest BCUT2D eigenvalue weighted by molar-refractivity contribution is 0.468. The molecule has 0 radical (unpaired) electrons. The summed E-state index contributed by atoms with van der Waals surface area (Å²) in [5.74, 6) is 0.635. The van der Waals surface area contributed by atoms with Gasteiger partial charge in [-0.05, 0) is 64.7 Å². The van der Waals surface area contributed by atoms with Crippen LogP contribution in [0.5, 0.6) is 0 Å². The quantitative estimate of drug-likeness (QED) is 0.305. The molecule has 0 spiro atoms. The Labute approximate surface area is 186 Å². The van der Waals surface area contributed by atoms with Crippen LogP contribution < -0.4 is 0 Å². The van der Waals surface area contributed by atoms with Crippen LogP contribution in [0.25, 0.3) is 27.6 Å². The van der Waals surface area contributed by atoms with E-state index in [0.29, 0.717) is 16.0 Å². The standard InChI is InChI=1S/C24H15N5O2S/c1-2-6-17(7-3-1)29-24(26-27-28-29)32-23-13-11-18(30-23)15-25-16-10-12-20-19-8-4-5-9-21(19)31-22(20)14-16/h1-15H. The number of fused-ring (bicyclic) bond motifs is 3. The lowest BCUT2D eigenvalue weighted by Crippen LogP contribution is -1.97. The Kier molecular flexibility index (Phi) is 4.54. The van der Waals surface area contributed by atoms with Crippen molar-refractivity contribution in [2.75, 3.05) is 0 Å². The summed E-state index contributed by atoms with van der Waals surface area (Å²) in [6.07, 6.45) is 1.69. The first kappa shape index (κ1) is 18.6. The van der Waals surface area contributed by atoms with E-state index in [9.17, 15) is 0 Å². The molecular formula is C24H15N5O2S. The first-order valence-corrected chi connectivity index (χ1v) is 10.7. The van der Waals surface area contributed by atoms with Crippen molar-refractivity contribution in [1.29, 1.82) is 0 Å². The van der Waals surface area contributed by atoms with Crippen LogP contribution in [-0.2, 0) is 0 Å². The second-order valence-corrected chi connectivity index (χ2v) is 7.98. The van der Waals surface area contributed by atoms with Gasteiger partial charge in [0.2, 0.25) is 5.16 Å². The minimum Gasteiger partial charge on any atom is -0.456 e. The van der Waals surface area contributed by atoms with Crippen LogP contribution in [0.1, 0.15) is 5.76 Å². The maximum absolute atomic E-state index is 5.93. The summed E-state index contributed by atoms with van der Waals surface area (Å²) < 4.78 is 13.5. The molecule has 0 atom stereocenters. The van der Waals surface area contributed by atoms with Crippen molar-refractivity contribution in [2.24, 2.45) is 4.99 Å². The van der Waals surface area contributed by atoms with Crippen molar-refractivity contribution in [3.63, 3.8) is 0 Å². The van der Waals surface area contributed by atoms with Crippen LogP contribution in [0.2, 0.25) is 0 Å². The first-order chi connectivity index (χ1) is 15.8. The van der Waals surface area contributed by atoms with Crippen LogP contribution in [-0.4, -0.2) is 26.4 Å². The second-order valence-electron chi connectivity index (χ2n) is 7.00. The molecule has 0 amide bonds. The average Bonchev–Trinajstić information content (AvgIpc) is 3.57. The third kappa shape index (κ3) is 3.46. The average molecular weight is 437 g/mol. The van der Waals surface area contributed by atoms with Gasteiger partial charge in [0.15, 0.2) is 5.09 Å². The molecule has 0 bridgehead atoms. The van der Waals surface area contributed by atoms with Gasteiger partial charge in [-0.3, -0.25) is 4.99 Å². The van der Waals surface area contributed by atoms with E-state index in [1.807, 2.05) is 78.9 Å². The van der Waals surface area contributed by atoms with E-state index < -0.39 is 0 Å².